The molecule has 0 fully saturated rings. The van der Waals surface area contributed by atoms with Gasteiger partial charge in [-0.05, 0) is 31.3 Å². The fourth-order valence-corrected chi connectivity index (χ4v) is 1.50. The summed E-state index contributed by atoms with van der Waals surface area (Å²) in [5.41, 5.74) is 0.670. The highest BCUT2D eigenvalue weighted by atomic mass is 32.1. The lowest BCUT2D eigenvalue weighted by molar-refractivity contribution is -0.112. The van der Waals surface area contributed by atoms with Gasteiger partial charge in [-0.1, -0.05) is 24.3 Å². The van der Waals surface area contributed by atoms with Crippen LogP contribution < -0.4 is 10.6 Å². The summed E-state index contributed by atoms with van der Waals surface area (Å²) in [7, 11) is 0. The maximum absolute atomic E-state index is 12.1. The van der Waals surface area contributed by atoms with E-state index in [2.05, 4.69) is 22.2 Å². The van der Waals surface area contributed by atoms with Crippen LogP contribution in [0, 0.1) is 0 Å². The molecule has 6 heteroatoms. The molecule has 5 nitrogen and oxygen atoms in total. The van der Waals surface area contributed by atoms with E-state index in [1.54, 1.807) is 30.3 Å². The molecule has 1 rings (SSSR count). The zero-order chi connectivity index (χ0) is 15.7. The highest BCUT2D eigenvalue weighted by molar-refractivity contribution is 7.80. The van der Waals surface area contributed by atoms with Crippen molar-refractivity contribution in [3.05, 3.63) is 54.3 Å². The monoisotopic (exact) mass is 303 g/mol. The quantitative estimate of drug-likeness (QED) is 0.257. The second-order valence-electron chi connectivity index (χ2n) is 4.05. The van der Waals surface area contributed by atoms with Crippen molar-refractivity contribution in [2.24, 2.45) is 4.99 Å². The van der Waals surface area contributed by atoms with Crippen molar-refractivity contribution in [1.82, 2.24) is 5.32 Å². The molecule has 1 aromatic rings. The lowest BCUT2D eigenvalue weighted by atomic mass is 10.2. The first-order chi connectivity index (χ1) is 10.0. The van der Waals surface area contributed by atoms with Gasteiger partial charge in [-0.2, -0.15) is 0 Å². The molecule has 0 saturated carbocycles. The van der Waals surface area contributed by atoms with E-state index >= 15 is 0 Å². The SMILES string of the molecule is C=CCNC(=S)/N=C/C(C(=O)Nc1ccccc1)=C(\C)O. The van der Waals surface area contributed by atoms with Crippen molar-refractivity contribution in [3.8, 4) is 0 Å². The van der Waals surface area contributed by atoms with Gasteiger partial charge in [0, 0.05) is 18.4 Å². The largest absolute Gasteiger partial charge is 0.512 e. The number of para-hydroxylation sites is 1. The van der Waals surface area contributed by atoms with Gasteiger partial charge in [0.1, 0.15) is 5.76 Å². The smallest absolute Gasteiger partial charge is 0.260 e. The van der Waals surface area contributed by atoms with Crippen LogP contribution in [-0.2, 0) is 4.79 Å². The number of rotatable bonds is 5. The summed E-state index contributed by atoms with van der Waals surface area (Å²) < 4.78 is 0. The van der Waals surface area contributed by atoms with Crippen molar-refractivity contribution < 1.29 is 9.90 Å². The lowest BCUT2D eigenvalue weighted by Gasteiger charge is -2.06. The van der Waals surface area contributed by atoms with Crippen molar-refractivity contribution in [2.45, 2.75) is 6.92 Å². The van der Waals surface area contributed by atoms with Gasteiger partial charge in [0.2, 0.25) is 0 Å². The minimum atomic E-state index is -0.462. The molecule has 21 heavy (non-hydrogen) atoms. The van der Waals surface area contributed by atoms with Crippen LogP contribution in [0.15, 0.2) is 59.3 Å². The third-order valence-corrected chi connectivity index (χ3v) is 2.62. The van der Waals surface area contributed by atoms with Crippen molar-refractivity contribution in [3.63, 3.8) is 0 Å². The number of nitrogens with one attached hydrogen (secondary N) is 2. The highest BCUT2D eigenvalue weighted by Crippen LogP contribution is 2.08. The number of carbonyl (C=O) groups is 1. The Kier molecular flexibility index (Phi) is 6.83. The van der Waals surface area contributed by atoms with E-state index in [1.807, 2.05) is 6.07 Å². The molecule has 1 amide bonds. The second-order valence-corrected chi connectivity index (χ2v) is 4.44. The lowest BCUT2D eigenvalue weighted by Crippen LogP contribution is -2.21. The molecule has 0 bridgehead atoms. The zero-order valence-electron chi connectivity index (χ0n) is 11.7. The van der Waals surface area contributed by atoms with E-state index < -0.39 is 5.91 Å². The van der Waals surface area contributed by atoms with Crippen LogP contribution in [0.4, 0.5) is 5.69 Å². The van der Waals surface area contributed by atoms with Gasteiger partial charge in [0.05, 0.1) is 5.57 Å². The van der Waals surface area contributed by atoms with E-state index in [0.29, 0.717) is 12.2 Å². The van der Waals surface area contributed by atoms with Crippen molar-refractivity contribution >= 4 is 35.1 Å². The number of aliphatic hydroxyl groups excluding tert-OH is 1. The number of carbonyl (C=O) groups excluding carboxylic acids is 1. The molecule has 0 unspecified atom stereocenters. The van der Waals surface area contributed by atoms with Crippen LogP contribution >= 0.6 is 12.2 Å². The van der Waals surface area contributed by atoms with E-state index in [9.17, 15) is 9.90 Å². The number of aliphatic imine (C=N–C) groups is 1. The molecule has 0 aromatic heterocycles. The molecule has 1 aromatic carbocycles. The number of amides is 1. The Morgan fingerprint density at radius 3 is 2.67 bits per heavy atom. The van der Waals surface area contributed by atoms with Crippen molar-refractivity contribution in [1.29, 1.82) is 0 Å². The molecule has 110 valence electrons. The average Bonchev–Trinajstić information content (AvgIpc) is 2.46. The Hall–Kier alpha value is -2.47. The van der Waals surface area contributed by atoms with E-state index in [4.69, 9.17) is 12.2 Å². The Bertz CT molecular complexity index is 576. The number of allylic oxidation sites excluding steroid dienone is 1. The molecule has 0 atom stereocenters. The molecular formula is C15H17N3O2S. The van der Waals surface area contributed by atoms with Gasteiger partial charge in [-0.3, -0.25) is 4.79 Å². The summed E-state index contributed by atoms with van der Waals surface area (Å²) in [5.74, 6) is -0.602. The van der Waals surface area contributed by atoms with Crippen LogP contribution in [0.1, 0.15) is 6.92 Å². The molecule has 0 aliphatic rings. The molecule has 0 heterocycles. The summed E-state index contributed by atoms with van der Waals surface area (Å²) in [6.45, 7) is 5.43. The summed E-state index contributed by atoms with van der Waals surface area (Å²) in [4.78, 5) is 16.0. The third kappa shape index (κ3) is 6.01. The molecule has 3 N–H and O–H groups in total. The summed E-state index contributed by atoms with van der Waals surface area (Å²) >= 11 is 4.95. The molecule has 0 spiro atoms. The third-order valence-electron chi connectivity index (χ3n) is 2.37. The first-order valence-electron chi connectivity index (χ1n) is 6.23. The van der Waals surface area contributed by atoms with Gasteiger partial charge < -0.3 is 15.7 Å². The number of nitrogens with zero attached hydrogens (tertiary/aromatic N) is 1. The predicted octanol–water partition coefficient (Wildman–Crippen LogP) is 2.59. The Balaban J connectivity index is 2.76. The minimum absolute atomic E-state index is 0.0432. The number of hydrogen-bond donors (Lipinski definition) is 3. The van der Waals surface area contributed by atoms with Crippen LogP contribution in [0.5, 0.6) is 0 Å². The fourth-order valence-electron chi connectivity index (χ4n) is 1.36. The van der Waals surface area contributed by atoms with Gasteiger partial charge in [0.15, 0.2) is 5.11 Å². The van der Waals surface area contributed by atoms with E-state index in [1.165, 1.54) is 13.1 Å². The maximum Gasteiger partial charge on any atom is 0.260 e. The van der Waals surface area contributed by atoms with Gasteiger partial charge in [-0.15, -0.1) is 6.58 Å². The van der Waals surface area contributed by atoms with Gasteiger partial charge in [-0.25, -0.2) is 4.99 Å². The predicted molar refractivity (Wildman–Crippen MR) is 89.7 cm³/mol. The number of thiocarbonyl (C=S) groups is 1. The summed E-state index contributed by atoms with van der Waals surface area (Å²) in [5, 5.41) is 15.3. The normalized spacial score (nSPS) is 11.7. The molecule has 0 aliphatic carbocycles. The van der Waals surface area contributed by atoms with Crippen LogP contribution in [0.25, 0.3) is 0 Å². The van der Waals surface area contributed by atoms with Gasteiger partial charge in [0.25, 0.3) is 5.91 Å². The Labute approximate surface area is 129 Å². The number of benzene rings is 1. The van der Waals surface area contributed by atoms with E-state index in [-0.39, 0.29) is 16.4 Å². The summed E-state index contributed by atoms with van der Waals surface area (Å²) in [6, 6.07) is 8.93. The minimum Gasteiger partial charge on any atom is -0.512 e. The Morgan fingerprint density at radius 1 is 1.43 bits per heavy atom. The van der Waals surface area contributed by atoms with Crippen LogP contribution in [0.3, 0.4) is 0 Å². The maximum atomic E-state index is 12.1. The van der Waals surface area contributed by atoms with Gasteiger partial charge >= 0.3 is 0 Å². The standard InChI is InChI=1S/C15H17N3O2S/c1-3-9-16-15(21)17-10-13(11(2)19)14(20)18-12-7-5-4-6-8-12/h3-8,10,19H,1,9H2,2H3,(H,16,21)(H,18,20)/b13-11-,17-10+. The molecule has 0 radical (unpaired) electrons. The highest BCUT2D eigenvalue weighted by Gasteiger charge is 2.11. The first kappa shape index (κ1) is 16.6. The van der Waals surface area contributed by atoms with E-state index in [0.717, 1.165) is 0 Å². The average molecular weight is 303 g/mol. The number of hydrogen-bond acceptors (Lipinski definition) is 3. The topological polar surface area (TPSA) is 73.7 Å². The first-order valence-corrected chi connectivity index (χ1v) is 6.64. The molecule has 0 aliphatic heterocycles. The Morgan fingerprint density at radius 2 is 2.10 bits per heavy atom. The second kappa shape index (κ2) is 8.65. The molecular weight excluding hydrogens is 286 g/mol. The van der Waals surface area contributed by atoms with Crippen LogP contribution in [0.2, 0.25) is 0 Å². The number of aliphatic hydroxyl groups is 1. The van der Waals surface area contributed by atoms with Crippen LogP contribution in [-0.4, -0.2) is 28.9 Å². The van der Waals surface area contributed by atoms with Crippen molar-refractivity contribution in [2.75, 3.05) is 11.9 Å². The fraction of sp³-hybridized carbons (Fsp3) is 0.133. The zero-order valence-corrected chi connectivity index (χ0v) is 12.5. The molecule has 0 saturated heterocycles. The number of anilines is 1. The summed E-state index contributed by atoms with van der Waals surface area (Å²) in [6.07, 6.45) is 2.87.